The quantitative estimate of drug-likeness (QED) is 0.512. The zero-order valence-electron chi connectivity index (χ0n) is 6.74. The van der Waals surface area contributed by atoms with E-state index in [1.807, 2.05) is 10.6 Å². The van der Waals surface area contributed by atoms with E-state index in [4.69, 9.17) is 0 Å². The molecular weight excluding hydrogens is 230 g/mol. The molecule has 3 nitrogen and oxygen atoms in total. The molecule has 64 valence electrons. The fourth-order valence-corrected chi connectivity index (χ4v) is 1.20. The van der Waals surface area contributed by atoms with E-state index in [0.29, 0.717) is 5.33 Å². The van der Waals surface area contributed by atoms with E-state index in [2.05, 4.69) is 37.7 Å². The van der Waals surface area contributed by atoms with Crippen molar-refractivity contribution >= 4 is 21.6 Å². The normalized spacial score (nSPS) is 9.62. The highest BCUT2D eigenvalue weighted by atomic mass is 79.9. The molecule has 0 saturated heterocycles. The van der Waals surface area contributed by atoms with Gasteiger partial charge in [-0.05, 0) is 5.92 Å². The minimum atomic E-state index is 0.672. The summed E-state index contributed by atoms with van der Waals surface area (Å²) in [4.78, 5) is 8.12. The second kappa shape index (κ2) is 3.58. The Bertz CT molecular complexity index is 478. The van der Waals surface area contributed by atoms with E-state index in [1.165, 1.54) is 0 Å². The average Bonchev–Trinajstić information content (AvgIpc) is 2.58. The summed E-state index contributed by atoms with van der Waals surface area (Å²) in [6.45, 7) is 0. The molecule has 4 heteroatoms. The van der Waals surface area contributed by atoms with Crippen LogP contribution in [0, 0.1) is 11.8 Å². The smallest absolute Gasteiger partial charge is 0.156 e. The van der Waals surface area contributed by atoms with Crippen molar-refractivity contribution in [2.45, 2.75) is 0 Å². The fraction of sp³-hybridized carbons (Fsp3) is 0.111. The zero-order chi connectivity index (χ0) is 9.10. The number of imidazole rings is 1. The second-order valence-electron chi connectivity index (χ2n) is 2.38. The molecule has 0 fully saturated rings. The van der Waals surface area contributed by atoms with E-state index in [-0.39, 0.29) is 0 Å². The Morgan fingerprint density at radius 2 is 2.38 bits per heavy atom. The van der Waals surface area contributed by atoms with Gasteiger partial charge in [0.05, 0.1) is 17.7 Å². The van der Waals surface area contributed by atoms with E-state index >= 15 is 0 Å². The highest BCUT2D eigenvalue weighted by Crippen LogP contribution is 2.02. The summed E-state index contributed by atoms with van der Waals surface area (Å²) in [7, 11) is 0. The number of hydrogen-bond donors (Lipinski definition) is 0. The number of alkyl halides is 1. The molecular formula is C9H6BrN3. The van der Waals surface area contributed by atoms with Crippen LogP contribution >= 0.6 is 15.9 Å². The fourth-order valence-electron chi connectivity index (χ4n) is 1.06. The largest absolute Gasteiger partial charge is 0.290 e. The maximum atomic E-state index is 4.15. The van der Waals surface area contributed by atoms with Gasteiger partial charge in [-0.15, -0.1) is 0 Å². The van der Waals surface area contributed by atoms with E-state index in [1.54, 1.807) is 18.6 Å². The average molecular weight is 236 g/mol. The highest BCUT2D eigenvalue weighted by molar-refractivity contribution is 9.09. The molecule has 0 aromatic carbocycles. The molecule has 0 N–H and O–H groups in total. The highest BCUT2D eigenvalue weighted by Gasteiger charge is 1.97. The molecule has 0 bridgehead atoms. The third-order valence-corrected chi connectivity index (χ3v) is 1.88. The summed E-state index contributed by atoms with van der Waals surface area (Å²) < 4.78 is 1.91. The first kappa shape index (κ1) is 8.27. The van der Waals surface area contributed by atoms with Crippen LogP contribution in [0.3, 0.4) is 0 Å². The topological polar surface area (TPSA) is 30.2 Å². The lowest BCUT2D eigenvalue weighted by molar-refractivity contribution is 1.11. The van der Waals surface area contributed by atoms with Crippen molar-refractivity contribution in [2.75, 3.05) is 5.33 Å². The SMILES string of the molecule is BrCC#Cc1cnc2cnccn12. The summed E-state index contributed by atoms with van der Waals surface area (Å²) in [5.74, 6) is 5.92. The Balaban J connectivity index is 2.58. The molecule has 0 aliphatic rings. The van der Waals surface area contributed by atoms with Crippen molar-refractivity contribution in [1.29, 1.82) is 0 Å². The lowest BCUT2D eigenvalue weighted by Gasteiger charge is -1.91. The van der Waals surface area contributed by atoms with Crippen molar-refractivity contribution in [3.63, 3.8) is 0 Å². The van der Waals surface area contributed by atoms with Gasteiger partial charge in [0.15, 0.2) is 5.65 Å². The summed E-state index contributed by atoms with van der Waals surface area (Å²) >= 11 is 3.24. The second-order valence-corrected chi connectivity index (χ2v) is 2.94. The molecule has 2 aromatic rings. The molecule has 0 saturated carbocycles. The number of fused-ring (bicyclic) bond motifs is 1. The molecule has 0 radical (unpaired) electrons. The Labute approximate surface area is 84.0 Å². The van der Waals surface area contributed by atoms with Crippen LogP contribution in [0.15, 0.2) is 24.8 Å². The predicted molar refractivity (Wildman–Crippen MR) is 53.7 cm³/mol. The molecule has 0 spiro atoms. The van der Waals surface area contributed by atoms with E-state index in [9.17, 15) is 0 Å². The molecule has 0 atom stereocenters. The van der Waals surface area contributed by atoms with Crippen LogP contribution in [0.1, 0.15) is 5.69 Å². The van der Waals surface area contributed by atoms with Crippen molar-refractivity contribution in [3.8, 4) is 11.8 Å². The van der Waals surface area contributed by atoms with Crippen LogP contribution in [-0.4, -0.2) is 19.7 Å². The molecule has 0 aliphatic carbocycles. The van der Waals surface area contributed by atoms with Gasteiger partial charge in [-0.3, -0.25) is 9.38 Å². The van der Waals surface area contributed by atoms with Gasteiger partial charge in [-0.1, -0.05) is 21.9 Å². The standard InChI is InChI=1S/C9H6BrN3/c10-3-1-2-8-6-12-9-7-11-4-5-13(8)9/h4-7H,3H2. The van der Waals surface area contributed by atoms with Crippen molar-refractivity contribution in [3.05, 3.63) is 30.5 Å². The summed E-state index contributed by atoms with van der Waals surface area (Å²) in [5, 5.41) is 0.672. The van der Waals surface area contributed by atoms with Crippen LogP contribution < -0.4 is 0 Å². The van der Waals surface area contributed by atoms with Crippen LogP contribution in [0.25, 0.3) is 5.65 Å². The van der Waals surface area contributed by atoms with Gasteiger partial charge in [0, 0.05) is 12.4 Å². The van der Waals surface area contributed by atoms with Crippen LogP contribution in [-0.2, 0) is 0 Å². The third kappa shape index (κ3) is 1.56. The first-order chi connectivity index (χ1) is 6.42. The summed E-state index contributed by atoms with van der Waals surface area (Å²) in [5.41, 5.74) is 1.71. The molecule has 0 unspecified atom stereocenters. The number of hydrogen-bond acceptors (Lipinski definition) is 2. The van der Waals surface area contributed by atoms with Gasteiger partial charge in [0.1, 0.15) is 5.69 Å². The Hall–Kier alpha value is -1.34. The van der Waals surface area contributed by atoms with Gasteiger partial charge in [0.2, 0.25) is 0 Å². The maximum Gasteiger partial charge on any atom is 0.156 e. The van der Waals surface area contributed by atoms with E-state index in [0.717, 1.165) is 11.3 Å². The van der Waals surface area contributed by atoms with Crippen LogP contribution in [0.4, 0.5) is 0 Å². The Morgan fingerprint density at radius 1 is 1.46 bits per heavy atom. The van der Waals surface area contributed by atoms with Crippen molar-refractivity contribution in [2.24, 2.45) is 0 Å². The molecule has 13 heavy (non-hydrogen) atoms. The van der Waals surface area contributed by atoms with Crippen molar-refractivity contribution in [1.82, 2.24) is 14.4 Å². The Kier molecular flexibility index (Phi) is 2.28. The van der Waals surface area contributed by atoms with Crippen LogP contribution in [0.2, 0.25) is 0 Å². The number of nitrogens with zero attached hydrogens (tertiary/aromatic N) is 3. The minimum absolute atomic E-state index is 0.672. The maximum absolute atomic E-state index is 4.15. The number of halogens is 1. The summed E-state index contributed by atoms with van der Waals surface area (Å²) in [6.07, 6.45) is 7.01. The van der Waals surface area contributed by atoms with Crippen LogP contribution in [0.5, 0.6) is 0 Å². The molecule has 0 amide bonds. The van der Waals surface area contributed by atoms with Gasteiger partial charge < -0.3 is 0 Å². The number of aromatic nitrogens is 3. The summed E-state index contributed by atoms with van der Waals surface area (Å²) in [6, 6.07) is 0. The molecule has 2 heterocycles. The van der Waals surface area contributed by atoms with Gasteiger partial charge >= 0.3 is 0 Å². The molecule has 2 aromatic heterocycles. The van der Waals surface area contributed by atoms with Crippen molar-refractivity contribution < 1.29 is 0 Å². The molecule has 0 aliphatic heterocycles. The minimum Gasteiger partial charge on any atom is -0.290 e. The van der Waals surface area contributed by atoms with Gasteiger partial charge in [0.25, 0.3) is 0 Å². The Morgan fingerprint density at radius 3 is 3.23 bits per heavy atom. The first-order valence-corrected chi connectivity index (χ1v) is 4.86. The zero-order valence-corrected chi connectivity index (χ0v) is 8.32. The predicted octanol–water partition coefficient (Wildman–Crippen LogP) is 1.48. The van der Waals surface area contributed by atoms with Gasteiger partial charge in [-0.2, -0.15) is 0 Å². The monoisotopic (exact) mass is 235 g/mol. The van der Waals surface area contributed by atoms with E-state index < -0.39 is 0 Å². The first-order valence-electron chi connectivity index (χ1n) is 3.74. The molecule has 2 rings (SSSR count). The third-order valence-electron chi connectivity index (χ3n) is 1.60. The number of rotatable bonds is 0. The lowest BCUT2D eigenvalue weighted by atomic mass is 10.4. The van der Waals surface area contributed by atoms with Gasteiger partial charge in [-0.25, -0.2) is 4.98 Å². The lowest BCUT2D eigenvalue weighted by Crippen LogP contribution is -1.87.